The van der Waals surface area contributed by atoms with Crippen molar-refractivity contribution in [2.75, 3.05) is 13.7 Å². The lowest BCUT2D eigenvalue weighted by atomic mass is 10.4. The van der Waals surface area contributed by atoms with Gasteiger partial charge in [0.25, 0.3) is 0 Å². The number of rotatable bonds is 4. The highest BCUT2D eigenvalue weighted by molar-refractivity contribution is 6.35. The van der Waals surface area contributed by atoms with Crippen LogP contribution < -0.4 is 0 Å². The van der Waals surface area contributed by atoms with Gasteiger partial charge in [0.15, 0.2) is 10.8 Å². The summed E-state index contributed by atoms with van der Waals surface area (Å²) in [7, 11) is 1.67. The molecule has 0 bridgehead atoms. The number of fused-ring (bicyclic) bond motifs is 1. The average Bonchev–Trinajstić information content (AvgIpc) is 2.62. The second-order valence-corrected chi connectivity index (χ2v) is 3.94. The molecule has 0 saturated carbocycles. The Morgan fingerprint density at radius 3 is 2.94 bits per heavy atom. The lowest BCUT2D eigenvalue weighted by molar-refractivity contribution is 0.190. The summed E-state index contributed by atoms with van der Waals surface area (Å²) in [5, 5.41) is 0.435. The summed E-state index contributed by atoms with van der Waals surface area (Å²) in [5.41, 5.74) is 1.23. The summed E-state index contributed by atoms with van der Waals surface area (Å²) in [4.78, 5) is 12.0. The number of ether oxygens (including phenoxy) is 1. The monoisotopic (exact) mass is 260 g/mol. The molecule has 0 fully saturated rings. The molecule has 0 saturated heterocycles. The van der Waals surface area contributed by atoms with E-state index in [9.17, 15) is 0 Å². The van der Waals surface area contributed by atoms with Crippen molar-refractivity contribution < 1.29 is 4.74 Å². The molecule has 0 aliphatic heterocycles. The number of aryl methyl sites for hydroxylation is 1. The first-order chi connectivity index (χ1) is 7.72. The van der Waals surface area contributed by atoms with Crippen LogP contribution in [0.2, 0.25) is 10.4 Å². The van der Waals surface area contributed by atoms with Crippen molar-refractivity contribution in [2.45, 2.75) is 13.0 Å². The first kappa shape index (κ1) is 11.6. The molecule has 0 aliphatic carbocycles. The van der Waals surface area contributed by atoms with Gasteiger partial charge in [0.2, 0.25) is 5.28 Å². The van der Waals surface area contributed by atoms with Gasteiger partial charge in [-0.15, -0.1) is 0 Å². The van der Waals surface area contributed by atoms with Crippen LogP contribution in [0, 0.1) is 0 Å². The fraction of sp³-hybridized carbons (Fsp3) is 0.444. The standard InChI is InChI=1S/C9H10Cl2N4O/c1-16-4-2-3-15-5-12-8-6(15)7(10)13-9(11)14-8/h5H,2-4H2,1H3. The first-order valence-corrected chi connectivity index (χ1v) is 5.51. The Morgan fingerprint density at radius 1 is 1.38 bits per heavy atom. The molecule has 0 radical (unpaired) electrons. The third kappa shape index (κ3) is 2.26. The Hall–Kier alpha value is -0.910. The molecular formula is C9H10Cl2N4O. The molecule has 0 atom stereocenters. The molecule has 2 aromatic heterocycles. The Labute approximate surface area is 102 Å². The number of hydrogen-bond acceptors (Lipinski definition) is 4. The molecule has 86 valence electrons. The summed E-state index contributed by atoms with van der Waals surface area (Å²) in [5.74, 6) is 0. The van der Waals surface area contributed by atoms with Crippen molar-refractivity contribution >= 4 is 34.4 Å². The van der Waals surface area contributed by atoms with Gasteiger partial charge in [0.1, 0.15) is 5.52 Å². The van der Waals surface area contributed by atoms with Crippen LogP contribution >= 0.6 is 23.2 Å². The molecule has 2 aromatic rings. The van der Waals surface area contributed by atoms with E-state index in [-0.39, 0.29) is 5.28 Å². The number of aromatic nitrogens is 4. The molecule has 0 aromatic carbocycles. The van der Waals surface area contributed by atoms with Gasteiger partial charge in [-0.2, -0.15) is 4.98 Å². The third-order valence-electron chi connectivity index (χ3n) is 2.15. The van der Waals surface area contributed by atoms with Crippen LogP contribution in [0.25, 0.3) is 11.2 Å². The normalized spacial score (nSPS) is 11.2. The summed E-state index contributed by atoms with van der Waals surface area (Å²) in [6.45, 7) is 1.45. The molecule has 5 nitrogen and oxygen atoms in total. The van der Waals surface area contributed by atoms with Gasteiger partial charge in [-0.1, -0.05) is 11.6 Å². The Bertz CT molecular complexity index is 499. The highest BCUT2D eigenvalue weighted by atomic mass is 35.5. The molecule has 0 N–H and O–H groups in total. The van der Waals surface area contributed by atoms with E-state index in [1.165, 1.54) is 0 Å². The van der Waals surface area contributed by atoms with Gasteiger partial charge in [-0.25, -0.2) is 9.97 Å². The van der Waals surface area contributed by atoms with Gasteiger partial charge < -0.3 is 9.30 Å². The predicted octanol–water partition coefficient (Wildman–Crippen LogP) is 2.17. The number of halogens is 2. The lowest BCUT2D eigenvalue weighted by Crippen LogP contribution is -2.01. The van der Waals surface area contributed by atoms with Crippen LogP contribution in [0.5, 0.6) is 0 Å². The van der Waals surface area contributed by atoms with Gasteiger partial charge in [0.05, 0.1) is 6.33 Å². The van der Waals surface area contributed by atoms with Crippen molar-refractivity contribution in [1.82, 2.24) is 19.5 Å². The highest BCUT2D eigenvalue weighted by Crippen LogP contribution is 2.21. The Balaban J connectivity index is 2.33. The van der Waals surface area contributed by atoms with E-state index in [4.69, 9.17) is 27.9 Å². The van der Waals surface area contributed by atoms with E-state index < -0.39 is 0 Å². The van der Waals surface area contributed by atoms with Crippen molar-refractivity contribution in [2.24, 2.45) is 0 Å². The van der Waals surface area contributed by atoms with E-state index in [2.05, 4.69) is 15.0 Å². The second-order valence-electron chi connectivity index (χ2n) is 3.24. The zero-order valence-corrected chi connectivity index (χ0v) is 10.2. The van der Waals surface area contributed by atoms with Gasteiger partial charge >= 0.3 is 0 Å². The minimum atomic E-state index is 0.111. The van der Waals surface area contributed by atoms with Crippen LogP contribution in [0.3, 0.4) is 0 Å². The molecule has 0 aliphatic rings. The molecule has 16 heavy (non-hydrogen) atoms. The van der Waals surface area contributed by atoms with Crippen molar-refractivity contribution in [1.29, 1.82) is 0 Å². The quantitative estimate of drug-likeness (QED) is 0.481. The molecule has 0 spiro atoms. The predicted molar refractivity (Wildman–Crippen MR) is 61.8 cm³/mol. The Morgan fingerprint density at radius 2 is 2.19 bits per heavy atom. The number of hydrogen-bond donors (Lipinski definition) is 0. The van der Waals surface area contributed by atoms with Crippen LogP contribution in [0.1, 0.15) is 6.42 Å². The molecule has 2 heterocycles. The smallest absolute Gasteiger partial charge is 0.225 e. The topological polar surface area (TPSA) is 52.8 Å². The number of nitrogens with zero attached hydrogens (tertiary/aromatic N) is 4. The molecule has 0 unspecified atom stereocenters. The fourth-order valence-corrected chi connectivity index (χ4v) is 1.94. The SMILES string of the molecule is COCCCn1cnc2nc(Cl)nc(Cl)c21. The molecule has 0 amide bonds. The molecule has 2 rings (SSSR count). The van der Waals surface area contributed by atoms with Gasteiger partial charge in [-0.3, -0.25) is 0 Å². The zero-order valence-electron chi connectivity index (χ0n) is 8.65. The van der Waals surface area contributed by atoms with Gasteiger partial charge in [-0.05, 0) is 18.0 Å². The molecule has 7 heteroatoms. The maximum atomic E-state index is 5.99. The van der Waals surface area contributed by atoms with Crippen LogP contribution in [-0.4, -0.2) is 33.2 Å². The maximum Gasteiger partial charge on any atom is 0.225 e. The van der Waals surface area contributed by atoms with Crippen molar-refractivity contribution in [3.05, 3.63) is 16.8 Å². The summed E-state index contributed by atoms with van der Waals surface area (Å²) < 4.78 is 6.88. The van der Waals surface area contributed by atoms with Crippen LogP contribution in [-0.2, 0) is 11.3 Å². The summed E-state index contributed by atoms with van der Waals surface area (Å²) >= 11 is 11.7. The fourth-order valence-electron chi connectivity index (χ4n) is 1.46. The number of methoxy groups -OCH3 is 1. The largest absolute Gasteiger partial charge is 0.385 e. The van der Waals surface area contributed by atoms with Crippen molar-refractivity contribution in [3.63, 3.8) is 0 Å². The first-order valence-electron chi connectivity index (χ1n) is 4.75. The Kier molecular flexibility index (Phi) is 3.58. The summed E-state index contributed by atoms with van der Waals surface area (Å²) in [6, 6.07) is 0. The second kappa shape index (κ2) is 4.95. The average molecular weight is 261 g/mol. The van der Waals surface area contributed by atoms with E-state index in [0.29, 0.717) is 22.9 Å². The van der Waals surface area contributed by atoms with E-state index >= 15 is 0 Å². The third-order valence-corrected chi connectivity index (χ3v) is 2.58. The van der Waals surface area contributed by atoms with E-state index in [1.54, 1.807) is 13.4 Å². The highest BCUT2D eigenvalue weighted by Gasteiger charge is 2.10. The maximum absolute atomic E-state index is 5.99. The minimum absolute atomic E-state index is 0.111. The van der Waals surface area contributed by atoms with Crippen molar-refractivity contribution in [3.8, 4) is 0 Å². The molecular weight excluding hydrogens is 251 g/mol. The van der Waals surface area contributed by atoms with Crippen LogP contribution in [0.15, 0.2) is 6.33 Å². The minimum Gasteiger partial charge on any atom is -0.385 e. The van der Waals surface area contributed by atoms with E-state index in [1.807, 2.05) is 4.57 Å². The number of imidazole rings is 1. The van der Waals surface area contributed by atoms with E-state index in [0.717, 1.165) is 13.0 Å². The van der Waals surface area contributed by atoms with Crippen LogP contribution in [0.4, 0.5) is 0 Å². The summed E-state index contributed by atoms with van der Waals surface area (Å²) in [6.07, 6.45) is 2.55. The lowest BCUT2D eigenvalue weighted by Gasteiger charge is -2.04. The zero-order chi connectivity index (χ0) is 11.5. The van der Waals surface area contributed by atoms with Gasteiger partial charge in [0, 0.05) is 20.3 Å².